The summed E-state index contributed by atoms with van der Waals surface area (Å²) in [6, 6.07) is 0.346. The van der Waals surface area contributed by atoms with E-state index in [0.29, 0.717) is 12.0 Å². The molecule has 4 nitrogen and oxygen atoms in total. The smallest absolute Gasteiger partial charge is 0.302 e. The molecule has 150 valence electrons. The lowest BCUT2D eigenvalue weighted by Crippen LogP contribution is -2.53. The molecule has 7 atom stereocenters. The molecule has 0 radical (unpaired) electrons. The number of hydrogen-bond donors (Lipinski definition) is 1. The normalized spacial score (nSPS) is 45.8. The molecule has 27 heavy (non-hydrogen) atoms. The molecule has 4 heteroatoms. The fourth-order valence-electron chi connectivity index (χ4n) is 7.45. The second kappa shape index (κ2) is 6.63. The maximum absolute atomic E-state index is 11.7. The summed E-state index contributed by atoms with van der Waals surface area (Å²) in [4.78, 5) is 23.1. The zero-order chi connectivity index (χ0) is 19.4. The summed E-state index contributed by atoms with van der Waals surface area (Å²) in [6.45, 7) is 8.08. The molecule has 4 aliphatic rings. The maximum Gasteiger partial charge on any atom is 0.302 e. The van der Waals surface area contributed by atoms with E-state index in [-0.39, 0.29) is 28.8 Å². The van der Waals surface area contributed by atoms with Crippen LogP contribution in [0, 0.1) is 28.6 Å². The first-order valence-electron chi connectivity index (χ1n) is 10.9. The van der Waals surface area contributed by atoms with Crippen LogP contribution < -0.4 is 5.32 Å². The Balaban J connectivity index is 1.55. The summed E-state index contributed by atoms with van der Waals surface area (Å²) in [5.74, 6) is 2.16. The van der Waals surface area contributed by atoms with E-state index in [1.54, 1.807) is 12.5 Å². The van der Waals surface area contributed by atoms with E-state index in [2.05, 4.69) is 25.2 Å². The lowest BCUT2D eigenvalue weighted by atomic mass is 9.48. The van der Waals surface area contributed by atoms with E-state index >= 15 is 0 Å². The molecule has 0 saturated heterocycles. The first-order chi connectivity index (χ1) is 12.7. The minimum absolute atomic E-state index is 0.0721. The Morgan fingerprint density at radius 3 is 2.56 bits per heavy atom. The highest BCUT2D eigenvalue weighted by molar-refractivity contribution is 5.73. The van der Waals surface area contributed by atoms with Gasteiger partial charge in [0.25, 0.3) is 0 Å². The molecule has 0 bridgehead atoms. The van der Waals surface area contributed by atoms with E-state index in [9.17, 15) is 9.59 Å². The second-order valence-electron chi connectivity index (χ2n) is 10.1. The average molecular weight is 374 g/mol. The van der Waals surface area contributed by atoms with Crippen molar-refractivity contribution < 1.29 is 14.3 Å². The minimum Gasteiger partial charge on any atom is -0.462 e. The summed E-state index contributed by atoms with van der Waals surface area (Å²) in [5.41, 5.74) is 2.07. The first kappa shape index (κ1) is 19.0. The van der Waals surface area contributed by atoms with Crippen LogP contribution in [0.2, 0.25) is 0 Å². The molecule has 0 aromatic heterocycles. The summed E-state index contributed by atoms with van der Waals surface area (Å²) in [7, 11) is 0. The van der Waals surface area contributed by atoms with Gasteiger partial charge in [0.2, 0.25) is 5.91 Å². The Morgan fingerprint density at radius 1 is 1.07 bits per heavy atom. The topological polar surface area (TPSA) is 55.4 Å². The third-order valence-electron chi connectivity index (χ3n) is 8.77. The standard InChI is InChI=1S/C23H35NO3/c1-14(25)24-21-8-7-19-18-6-5-16-13-17(27-15(2)26)9-11-22(16,3)20(18)10-12-23(19,21)4/h5,17-21H,6-13H2,1-4H3,(H,24,25)/t17-,18+,19+,20+,21-,22+,23+/m1/s1. The molecule has 0 spiro atoms. The number of esters is 1. The van der Waals surface area contributed by atoms with Crippen molar-refractivity contribution in [2.75, 3.05) is 0 Å². The molecule has 1 N–H and O–H groups in total. The Bertz CT molecular complexity index is 671. The van der Waals surface area contributed by atoms with E-state index < -0.39 is 0 Å². The fourth-order valence-corrected chi connectivity index (χ4v) is 7.45. The van der Waals surface area contributed by atoms with Crippen LogP contribution in [0.1, 0.15) is 79.1 Å². The van der Waals surface area contributed by atoms with Gasteiger partial charge in [0.15, 0.2) is 0 Å². The first-order valence-corrected chi connectivity index (χ1v) is 10.9. The predicted octanol–water partition coefficient (Wildman–Crippen LogP) is 4.39. The molecule has 0 aromatic carbocycles. The van der Waals surface area contributed by atoms with Crippen LogP contribution in [0.15, 0.2) is 11.6 Å². The van der Waals surface area contributed by atoms with E-state index in [4.69, 9.17) is 4.74 Å². The highest BCUT2D eigenvalue weighted by Gasteiger charge is 2.58. The molecule has 0 heterocycles. The number of fused-ring (bicyclic) bond motifs is 5. The third-order valence-corrected chi connectivity index (χ3v) is 8.77. The highest BCUT2D eigenvalue weighted by Crippen LogP contribution is 2.64. The Kier molecular flexibility index (Phi) is 4.67. The highest BCUT2D eigenvalue weighted by atomic mass is 16.5. The van der Waals surface area contributed by atoms with Crippen molar-refractivity contribution in [1.82, 2.24) is 5.32 Å². The molecule has 0 aromatic rings. The summed E-state index contributed by atoms with van der Waals surface area (Å²) < 4.78 is 5.54. The lowest BCUT2D eigenvalue weighted by molar-refractivity contribution is -0.148. The number of amides is 1. The van der Waals surface area contributed by atoms with Gasteiger partial charge in [0.05, 0.1) is 0 Å². The van der Waals surface area contributed by atoms with Gasteiger partial charge >= 0.3 is 5.97 Å². The monoisotopic (exact) mass is 373 g/mol. The van der Waals surface area contributed by atoms with Crippen molar-refractivity contribution in [2.45, 2.75) is 91.2 Å². The van der Waals surface area contributed by atoms with Crippen molar-refractivity contribution in [3.8, 4) is 0 Å². The zero-order valence-corrected chi connectivity index (χ0v) is 17.3. The molecular formula is C23H35NO3. The van der Waals surface area contributed by atoms with Crippen LogP contribution in [-0.4, -0.2) is 24.0 Å². The number of hydrogen-bond acceptors (Lipinski definition) is 3. The number of allylic oxidation sites excluding steroid dienone is 1. The summed E-state index contributed by atoms with van der Waals surface area (Å²) >= 11 is 0. The Hall–Kier alpha value is -1.32. The second-order valence-corrected chi connectivity index (χ2v) is 10.1. The molecule has 4 aliphatic carbocycles. The van der Waals surface area contributed by atoms with Gasteiger partial charge in [-0.25, -0.2) is 0 Å². The van der Waals surface area contributed by atoms with E-state index in [1.165, 1.54) is 26.2 Å². The summed E-state index contributed by atoms with van der Waals surface area (Å²) in [6.07, 6.45) is 11.6. The van der Waals surface area contributed by atoms with Gasteiger partial charge in [-0.05, 0) is 73.5 Å². The molecule has 1 amide bonds. The van der Waals surface area contributed by atoms with Crippen LogP contribution in [0.5, 0.6) is 0 Å². The number of ether oxygens (including phenoxy) is 1. The van der Waals surface area contributed by atoms with Crippen LogP contribution >= 0.6 is 0 Å². The van der Waals surface area contributed by atoms with Crippen LogP contribution in [0.4, 0.5) is 0 Å². The van der Waals surface area contributed by atoms with Gasteiger partial charge < -0.3 is 10.1 Å². The van der Waals surface area contributed by atoms with Crippen LogP contribution in [0.3, 0.4) is 0 Å². The molecule has 3 fully saturated rings. The number of carbonyl (C=O) groups excluding carboxylic acids is 2. The average Bonchev–Trinajstić information content (AvgIpc) is 2.91. The lowest BCUT2D eigenvalue weighted by Gasteiger charge is -2.58. The molecule has 4 rings (SSSR count). The Labute approximate surface area is 163 Å². The largest absolute Gasteiger partial charge is 0.462 e. The van der Waals surface area contributed by atoms with Gasteiger partial charge in [-0.1, -0.05) is 25.5 Å². The predicted molar refractivity (Wildman–Crippen MR) is 105 cm³/mol. The Morgan fingerprint density at radius 2 is 1.85 bits per heavy atom. The number of rotatable bonds is 2. The SMILES string of the molecule is CC(=O)N[C@@H]1CC[C@H]2[C@@H]3CC=C4C[C@H](OC(C)=O)CC[C@]4(C)[C@H]3CC[C@]12C. The van der Waals surface area contributed by atoms with Gasteiger partial charge in [-0.3, -0.25) is 9.59 Å². The third kappa shape index (κ3) is 3.03. The van der Waals surface area contributed by atoms with Crippen molar-refractivity contribution in [1.29, 1.82) is 0 Å². The minimum atomic E-state index is -0.152. The maximum atomic E-state index is 11.7. The van der Waals surface area contributed by atoms with Crippen molar-refractivity contribution in [2.24, 2.45) is 28.6 Å². The molecule has 0 unspecified atom stereocenters. The quantitative estimate of drug-likeness (QED) is 0.577. The number of carbonyl (C=O) groups is 2. The summed E-state index contributed by atoms with van der Waals surface area (Å²) in [5, 5.41) is 3.26. The van der Waals surface area contributed by atoms with Crippen molar-refractivity contribution in [3.63, 3.8) is 0 Å². The van der Waals surface area contributed by atoms with E-state index in [1.807, 2.05) is 0 Å². The molecule has 3 saturated carbocycles. The van der Waals surface area contributed by atoms with Crippen molar-refractivity contribution in [3.05, 3.63) is 11.6 Å². The fraction of sp³-hybridized carbons (Fsp3) is 0.826. The van der Waals surface area contributed by atoms with Gasteiger partial charge in [-0.2, -0.15) is 0 Å². The van der Waals surface area contributed by atoms with Crippen LogP contribution in [0.25, 0.3) is 0 Å². The zero-order valence-electron chi connectivity index (χ0n) is 17.3. The van der Waals surface area contributed by atoms with Gasteiger partial charge in [0.1, 0.15) is 6.10 Å². The van der Waals surface area contributed by atoms with Gasteiger partial charge in [0, 0.05) is 26.3 Å². The van der Waals surface area contributed by atoms with Gasteiger partial charge in [-0.15, -0.1) is 0 Å². The number of nitrogens with one attached hydrogen (secondary N) is 1. The molecule has 0 aliphatic heterocycles. The van der Waals surface area contributed by atoms with Crippen LogP contribution in [-0.2, 0) is 14.3 Å². The molecular weight excluding hydrogens is 338 g/mol. The van der Waals surface area contributed by atoms with Crippen molar-refractivity contribution >= 4 is 11.9 Å². The van der Waals surface area contributed by atoms with E-state index in [0.717, 1.165) is 43.9 Å².